The topological polar surface area (TPSA) is 15.9 Å². The molecule has 98 heavy (non-hydrogen) atoms. The summed E-state index contributed by atoms with van der Waals surface area (Å²) < 4.78 is 10.3. The van der Waals surface area contributed by atoms with Crippen LogP contribution in [0.5, 0.6) is 0 Å². The van der Waals surface area contributed by atoms with Crippen molar-refractivity contribution in [3.63, 3.8) is 0 Å². The molecule has 2 atom stereocenters. The molecule has 0 saturated carbocycles. The van der Waals surface area contributed by atoms with Gasteiger partial charge >= 0.3 is 0 Å². The number of nitrogens with zero attached hydrogens (tertiary/aromatic N) is 4. The summed E-state index contributed by atoms with van der Waals surface area (Å²) in [6.07, 6.45) is 18.4. The van der Waals surface area contributed by atoms with E-state index in [2.05, 4.69) is 322 Å². The summed E-state index contributed by atoms with van der Waals surface area (Å²) in [6.45, 7) is 0. The normalized spacial score (nSPS) is 16.2. The molecule has 4 nitrogen and oxygen atoms in total. The lowest BCUT2D eigenvalue weighted by Crippen LogP contribution is -2.29. The second kappa shape index (κ2) is 19.0. The van der Waals surface area contributed by atoms with Crippen LogP contribution in [0.15, 0.2) is 313 Å². The minimum atomic E-state index is 0.105. The average Bonchev–Trinajstić information content (AvgIpc) is 1.34. The number of hydrogen-bond acceptors (Lipinski definition) is 2. The minimum absolute atomic E-state index is 0.105. The van der Waals surface area contributed by atoms with Gasteiger partial charge in [0, 0.05) is 80.1 Å². The van der Waals surface area contributed by atoms with Crippen LogP contribution in [0.2, 0.25) is 0 Å². The molecule has 0 N–H and O–H groups in total. The maximum absolute atomic E-state index is 2.62. The molecule has 2 unspecified atom stereocenters. The Kier molecular flexibility index (Phi) is 10.2. The molecule has 0 saturated heterocycles. The quantitative estimate of drug-likeness (QED) is 0.0992. The maximum Gasteiger partial charge on any atom is 0.227 e. The van der Waals surface area contributed by atoms with Gasteiger partial charge in [-0.3, -0.25) is 0 Å². The molecule has 450 valence electrons. The molecule has 0 bridgehead atoms. The molecule has 20 aromatic rings. The molecule has 4 heterocycles. The largest absolute Gasteiger partial charge is 0.309 e. The molecule has 18 aromatic carbocycles. The molecule has 0 amide bonds. The highest BCUT2D eigenvalue weighted by molar-refractivity contribution is 8.01. The number of benzene rings is 18. The Balaban J connectivity index is 0.745. The number of aromatic nitrogens is 2. The number of fused-ring (bicyclic) bond motifs is 16. The zero-order valence-electron chi connectivity index (χ0n) is 52.6. The monoisotopic (exact) mass is 1280 g/mol. The van der Waals surface area contributed by atoms with E-state index >= 15 is 0 Å². The summed E-state index contributed by atoms with van der Waals surface area (Å²) in [6, 6.07) is 97.7. The van der Waals surface area contributed by atoms with E-state index in [1.165, 1.54) is 206 Å². The van der Waals surface area contributed by atoms with E-state index in [0.29, 0.717) is 0 Å². The van der Waals surface area contributed by atoms with Crippen LogP contribution < -0.4 is 9.15 Å². The van der Waals surface area contributed by atoms with Crippen LogP contribution in [0, 0.1) is 0 Å². The van der Waals surface area contributed by atoms with Gasteiger partial charge in [-0.25, -0.2) is 0 Å². The van der Waals surface area contributed by atoms with E-state index in [0.717, 1.165) is 11.4 Å². The van der Waals surface area contributed by atoms with Crippen molar-refractivity contribution in [2.45, 2.75) is 20.3 Å². The van der Waals surface area contributed by atoms with Crippen molar-refractivity contribution in [2.24, 2.45) is 0 Å². The molecule has 2 aliphatic heterocycles. The van der Waals surface area contributed by atoms with Gasteiger partial charge in [0.1, 0.15) is 10.5 Å². The van der Waals surface area contributed by atoms with Crippen molar-refractivity contribution in [1.82, 2.24) is 18.3 Å². The zero-order valence-corrected chi connectivity index (χ0v) is 54.3. The molecular formula is C92H52N4S2+2. The van der Waals surface area contributed by atoms with Gasteiger partial charge in [-0.2, -0.15) is 9.15 Å². The van der Waals surface area contributed by atoms with E-state index in [-0.39, 0.29) is 10.5 Å². The summed E-state index contributed by atoms with van der Waals surface area (Å²) >= 11 is 3.95. The van der Waals surface area contributed by atoms with Crippen molar-refractivity contribution in [2.75, 3.05) is 0 Å². The highest BCUT2D eigenvalue weighted by Gasteiger charge is 2.40. The van der Waals surface area contributed by atoms with E-state index in [4.69, 9.17) is 0 Å². The van der Waals surface area contributed by atoms with Crippen LogP contribution in [-0.4, -0.2) is 31.1 Å². The summed E-state index contributed by atoms with van der Waals surface area (Å²) in [5.74, 6) is 0. The molecular weight excluding hydrogens is 1230 g/mol. The predicted octanol–water partition coefficient (Wildman–Crippen LogP) is 24.6. The zero-order chi connectivity index (χ0) is 63.3. The van der Waals surface area contributed by atoms with Gasteiger partial charge in [0.05, 0.1) is 42.6 Å². The summed E-state index contributed by atoms with van der Waals surface area (Å²) in [4.78, 5) is 2.54. The maximum atomic E-state index is 2.62. The summed E-state index contributed by atoms with van der Waals surface area (Å²) in [7, 11) is 0. The molecule has 2 aromatic heterocycles. The van der Waals surface area contributed by atoms with Gasteiger partial charge in [0.25, 0.3) is 0 Å². The number of thioether (sulfide) groups is 2. The van der Waals surface area contributed by atoms with Crippen molar-refractivity contribution < 1.29 is 0 Å². The van der Waals surface area contributed by atoms with Crippen LogP contribution in [0.3, 0.4) is 0 Å². The number of para-hydroxylation sites is 2. The highest BCUT2D eigenvalue weighted by atomic mass is 32.2. The summed E-state index contributed by atoms with van der Waals surface area (Å²) in [5, 5.41) is 33.7. The van der Waals surface area contributed by atoms with E-state index in [1.54, 1.807) is 0 Å². The highest BCUT2D eigenvalue weighted by Crippen LogP contribution is 2.55. The molecule has 24 rings (SSSR count). The number of allylic oxidation sites excluding steroid dienone is 6. The van der Waals surface area contributed by atoms with Crippen LogP contribution in [0.1, 0.15) is 0 Å². The molecule has 0 radical (unpaired) electrons. The SMILES string of the molecule is C1=CC2=[N+](c3ccc4ccc5c([N+]6=C7C=CC=CC7Sc7cc8c9c%10cccc%11c%12cccc%13cccc(c(cc9n(-c9ccccc9)c8cc76)c%11%10)c%13%12)ccc6ccc3c4c65)c3cc4c(cc3SC2C=C1)c1c2cccc3c5cccc6cccc(c(cc1n4-c1ccccc1)c32)c65. The van der Waals surface area contributed by atoms with Crippen molar-refractivity contribution >= 4 is 220 Å². The van der Waals surface area contributed by atoms with Gasteiger partial charge in [-0.1, -0.05) is 194 Å². The molecule has 2 aliphatic carbocycles. The molecule has 6 heteroatoms. The fourth-order valence-corrected chi connectivity index (χ4v) is 21.0. The molecule has 0 spiro atoms. The van der Waals surface area contributed by atoms with Crippen molar-refractivity contribution in [1.29, 1.82) is 0 Å². The van der Waals surface area contributed by atoms with Crippen LogP contribution in [0.25, 0.3) is 173 Å². The first-order valence-electron chi connectivity index (χ1n) is 34.0. The van der Waals surface area contributed by atoms with E-state index in [1.807, 2.05) is 23.5 Å². The van der Waals surface area contributed by atoms with Crippen LogP contribution >= 0.6 is 23.5 Å². The van der Waals surface area contributed by atoms with E-state index < -0.39 is 0 Å². The first-order chi connectivity index (χ1) is 48.6. The fraction of sp³-hybridized carbons (Fsp3) is 0.0217. The van der Waals surface area contributed by atoms with Gasteiger partial charge in [0.2, 0.25) is 34.2 Å². The van der Waals surface area contributed by atoms with E-state index in [9.17, 15) is 0 Å². The Morgan fingerprint density at radius 1 is 0.245 bits per heavy atom. The Labute approximate surface area is 569 Å². The lowest BCUT2D eigenvalue weighted by molar-refractivity contribution is 1.03. The fourth-order valence-electron chi connectivity index (χ4n) is 18.6. The minimum Gasteiger partial charge on any atom is -0.309 e. The second-order valence-electron chi connectivity index (χ2n) is 27.2. The van der Waals surface area contributed by atoms with Crippen molar-refractivity contribution in [3.05, 3.63) is 303 Å². The Morgan fingerprint density at radius 2 is 0.622 bits per heavy atom. The predicted molar refractivity (Wildman–Crippen MR) is 423 cm³/mol. The van der Waals surface area contributed by atoms with Crippen LogP contribution in [-0.2, 0) is 0 Å². The first-order valence-corrected chi connectivity index (χ1v) is 35.8. The Bertz CT molecular complexity index is 6840. The third kappa shape index (κ3) is 6.73. The van der Waals surface area contributed by atoms with Crippen LogP contribution in [0.4, 0.5) is 22.7 Å². The standard InChI is InChI=1S/C92H52N4S2/c1-3-21-55(22-4-1)93-75-49-77-83(47-69(75)91-65-31-15-29-59-57-25-11-17-51-19-13-27-61(85(51)57)67(89(59)65)45-79(91)93)97-81-35-9-7-33-73(81)95(77)71-43-39-53-38-42-64-72(44-40-54-37-41-63(71)87(53)88(54)64)96-74-34-8-10-36-82(74)98-84-48-70-76(50-78(84)96)94(56-23-5-2-6-24-56)80-46-68-62-28-14-20-52-18-12-26-58(86(52)62)60-30-16-32-66(90(60)68)92(70)80/h1-50,81-82H/q+2. The van der Waals surface area contributed by atoms with Gasteiger partial charge in [-0.15, -0.1) is 23.5 Å². The smallest absolute Gasteiger partial charge is 0.227 e. The lowest BCUT2D eigenvalue weighted by atomic mass is 9.88. The second-order valence-corrected chi connectivity index (χ2v) is 29.6. The Morgan fingerprint density at radius 3 is 1.06 bits per heavy atom. The molecule has 4 aliphatic rings. The van der Waals surface area contributed by atoms with Gasteiger partial charge < -0.3 is 9.13 Å². The first kappa shape index (κ1) is 52.5. The number of hydrogen-bond donors (Lipinski definition) is 0. The molecule has 0 fully saturated rings. The average molecular weight is 1280 g/mol. The lowest BCUT2D eigenvalue weighted by Gasteiger charge is -2.24. The Hall–Kier alpha value is -11.8. The third-order valence-electron chi connectivity index (χ3n) is 22.5. The number of rotatable bonds is 4. The summed E-state index contributed by atoms with van der Waals surface area (Å²) in [5.41, 5.74) is 14.4. The third-order valence-corrected chi connectivity index (χ3v) is 24.9. The van der Waals surface area contributed by atoms with Gasteiger partial charge in [0.15, 0.2) is 0 Å². The van der Waals surface area contributed by atoms with Crippen molar-refractivity contribution in [3.8, 4) is 11.4 Å². The van der Waals surface area contributed by atoms with Gasteiger partial charge in [-0.05, 0) is 170 Å².